The molecule has 0 amide bonds. The topological polar surface area (TPSA) is 9.23 Å². The van der Waals surface area contributed by atoms with E-state index in [1.807, 2.05) is 61.5 Å². The van der Waals surface area contributed by atoms with E-state index in [2.05, 4.69) is 87.2 Å². The van der Waals surface area contributed by atoms with Crippen molar-refractivity contribution in [2.75, 3.05) is 0 Å². The van der Waals surface area contributed by atoms with Crippen molar-refractivity contribution in [3.8, 4) is 5.75 Å². The molecule has 2 aromatic rings. The van der Waals surface area contributed by atoms with Gasteiger partial charge in [-0.2, -0.15) is 0 Å². The fraction of sp³-hybridized carbons (Fsp3) is 0.438. The molecule has 0 radical (unpaired) electrons. The number of hydrogen-bond acceptors (Lipinski definition) is 1. The minimum Gasteiger partial charge on any atom is -0.486 e. The first kappa shape index (κ1) is 30.5. The summed E-state index contributed by atoms with van der Waals surface area (Å²) in [6, 6.07) is 19.3. The maximum absolute atomic E-state index is 6.62. The lowest BCUT2D eigenvalue weighted by Gasteiger charge is -2.49. The summed E-state index contributed by atoms with van der Waals surface area (Å²) in [5.41, 5.74) is 4.64. The van der Waals surface area contributed by atoms with Gasteiger partial charge in [0.1, 0.15) is 11.4 Å². The Bertz CT molecular complexity index is 874. The first-order chi connectivity index (χ1) is 16.2. The second kappa shape index (κ2) is 15.3. The highest BCUT2D eigenvalue weighted by atomic mass is 16.5. The monoisotopic (exact) mass is 448 g/mol. The highest BCUT2D eigenvalue weighted by Crippen LogP contribution is 2.62. The Morgan fingerprint density at radius 1 is 0.818 bits per heavy atom. The van der Waals surface area contributed by atoms with Crippen LogP contribution in [-0.4, -0.2) is 5.60 Å². The molecule has 1 fully saturated rings. The Morgan fingerprint density at radius 2 is 1.36 bits per heavy atom. The first-order valence-electron chi connectivity index (χ1n) is 13.0. The number of para-hydroxylation sites is 1. The van der Waals surface area contributed by atoms with Gasteiger partial charge in [-0.1, -0.05) is 129 Å². The third-order valence-corrected chi connectivity index (χ3v) is 5.88. The van der Waals surface area contributed by atoms with Crippen LogP contribution in [0.4, 0.5) is 0 Å². The van der Waals surface area contributed by atoms with Gasteiger partial charge < -0.3 is 4.74 Å². The Morgan fingerprint density at radius 3 is 1.91 bits per heavy atom. The van der Waals surface area contributed by atoms with E-state index in [0.717, 1.165) is 18.6 Å². The summed E-state index contributed by atoms with van der Waals surface area (Å²) in [4.78, 5) is 0. The van der Waals surface area contributed by atoms with E-state index in [-0.39, 0.29) is 11.0 Å². The van der Waals surface area contributed by atoms with Gasteiger partial charge in [0.05, 0.1) is 5.41 Å². The predicted octanol–water partition coefficient (Wildman–Crippen LogP) is 10.1. The normalized spacial score (nSPS) is 23.9. The maximum Gasteiger partial charge on any atom is 0.124 e. The standard InChI is InChI=1S/C24H24O.4C2H6/c1-4-11-20-18(5-2)16-17-23(3)24(20,19-12-7-6-8-13-19)21-14-9-10-15-22(21)25-23;4*1-2/h4-15H,1,16-17H2,2-3H3;4*1-2H3/b18-5-,20-11+;;;;. The minimum atomic E-state index is -0.306. The lowest BCUT2D eigenvalue weighted by molar-refractivity contribution is 0.0510. The van der Waals surface area contributed by atoms with Crippen LogP contribution in [0.5, 0.6) is 5.75 Å². The van der Waals surface area contributed by atoms with Crippen molar-refractivity contribution in [3.05, 3.63) is 102 Å². The molecule has 2 unspecified atom stereocenters. The molecule has 0 N–H and O–H groups in total. The molecule has 1 aliphatic heterocycles. The molecule has 0 aromatic heterocycles. The van der Waals surface area contributed by atoms with E-state index in [1.165, 1.54) is 22.3 Å². The molecule has 2 atom stereocenters. The highest BCUT2D eigenvalue weighted by Gasteiger charge is 2.62. The number of hydrogen-bond donors (Lipinski definition) is 0. The van der Waals surface area contributed by atoms with E-state index >= 15 is 0 Å². The second-order valence-electron chi connectivity index (χ2n) is 7.08. The molecule has 1 nitrogen and oxygen atoms in total. The van der Waals surface area contributed by atoms with Gasteiger partial charge in [-0.15, -0.1) is 0 Å². The Labute approximate surface area is 205 Å². The van der Waals surface area contributed by atoms with E-state index < -0.39 is 0 Å². The molecule has 1 heterocycles. The fourth-order valence-electron chi connectivity index (χ4n) is 4.84. The fourth-order valence-corrected chi connectivity index (χ4v) is 4.84. The van der Waals surface area contributed by atoms with Gasteiger partial charge in [0, 0.05) is 5.56 Å². The maximum atomic E-state index is 6.62. The van der Waals surface area contributed by atoms with Crippen LogP contribution in [0.3, 0.4) is 0 Å². The Balaban J connectivity index is 0.00000116. The summed E-state index contributed by atoms with van der Waals surface area (Å²) in [6.07, 6.45) is 8.36. The molecule has 1 saturated carbocycles. The molecule has 4 rings (SSSR count). The quantitative estimate of drug-likeness (QED) is 0.444. The molecule has 0 bridgehead atoms. The lowest BCUT2D eigenvalue weighted by Crippen LogP contribution is -2.54. The van der Waals surface area contributed by atoms with Gasteiger partial charge >= 0.3 is 0 Å². The van der Waals surface area contributed by atoms with Crippen LogP contribution in [-0.2, 0) is 5.41 Å². The van der Waals surface area contributed by atoms with E-state index in [9.17, 15) is 0 Å². The van der Waals surface area contributed by atoms with Crippen LogP contribution in [0.1, 0.15) is 93.2 Å². The Kier molecular flexibility index (Phi) is 14.1. The highest BCUT2D eigenvalue weighted by molar-refractivity contribution is 5.67. The SMILES string of the molecule is C=C/C=C1\C(=C/C)CCC2(C)Oc3ccccc3C12c1ccccc1.CC.CC.CC.CC. The molecule has 2 aromatic carbocycles. The summed E-state index contributed by atoms with van der Waals surface area (Å²) in [5.74, 6) is 1.00. The van der Waals surface area contributed by atoms with Crippen molar-refractivity contribution in [3.63, 3.8) is 0 Å². The largest absolute Gasteiger partial charge is 0.486 e. The van der Waals surface area contributed by atoms with Crippen molar-refractivity contribution in [2.24, 2.45) is 0 Å². The van der Waals surface area contributed by atoms with Crippen molar-refractivity contribution in [1.29, 1.82) is 0 Å². The van der Waals surface area contributed by atoms with Crippen LogP contribution >= 0.6 is 0 Å². The van der Waals surface area contributed by atoms with Crippen LogP contribution < -0.4 is 4.74 Å². The predicted molar refractivity (Wildman–Crippen MR) is 149 cm³/mol. The van der Waals surface area contributed by atoms with Gasteiger partial charge in [-0.3, -0.25) is 0 Å². The number of fused-ring (bicyclic) bond motifs is 3. The zero-order chi connectivity index (χ0) is 25.5. The number of ether oxygens (including phenoxy) is 1. The lowest BCUT2D eigenvalue weighted by atomic mass is 9.54. The smallest absolute Gasteiger partial charge is 0.124 e. The zero-order valence-electron chi connectivity index (χ0n) is 23.0. The summed E-state index contributed by atoms with van der Waals surface area (Å²) in [6.45, 7) is 24.4. The molecule has 2 aliphatic rings. The Hall–Kier alpha value is -2.54. The average molecular weight is 449 g/mol. The zero-order valence-corrected chi connectivity index (χ0v) is 23.0. The molecule has 0 spiro atoms. The third kappa shape index (κ3) is 5.52. The molecule has 0 saturated heterocycles. The van der Waals surface area contributed by atoms with Crippen LogP contribution in [0.15, 0.2) is 90.6 Å². The summed E-state index contributed by atoms with van der Waals surface area (Å²) in [5, 5.41) is 0. The van der Waals surface area contributed by atoms with Crippen molar-refractivity contribution in [2.45, 2.75) is 93.1 Å². The van der Waals surface area contributed by atoms with Crippen LogP contribution in [0.25, 0.3) is 0 Å². The number of rotatable bonds is 2. The molecular weight excluding hydrogens is 400 g/mol. The van der Waals surface area contributed by atoms with Gasteiger partial charge in [-0.25, -0.2) is 0 Å². The average Bonchev–Trinajstić information content (AvgIpc) is 3.19. The molecule has 33 heavy (non-hydrogen) atoms. The van der Waals surface area contributed by atoms with Crippen LogP contribution in [0.2, 0.25) is 0 Å². The van der Waals surface area contributed by atoms with Crippen molar-refractivity contribution >= 4 is 0 Å². The molecular formula is C32H48O. The molecule has 1 aliphatic carbocycles. The molecule has 1 heteroatoms. The number of allylic oxidation sites excluding steroid dienone is 4. The molecule has 182 valence electrons. The van der Waals surface area contributed by atoms with Crippen LogP contribution in [0, 0.1) is 0 Å². The summed E-state index contributed by atoms with van der Waals surface area (Å²) >= 11 is 0. The third-order valence-electron chi connectivity index (χ3n) is 5.88. The van der Waals surface area contributed by atoms with E-state index in [0.29, 0.717) is 0 Å². The summed E-state index contributed by atoms with van der Waals surface area (Å²) in [7, 11) is 0. The van der Waals surface area contributed by atoms with Gasteiger partial charge in [0.2, 0.25) is 0 Å². The second-order valence-corrected chi connectivity index (χ2v) is 7.08. The van der Waals surface area contributed by atoms with Crippen molar-refractivity contribution < 1.29 is 4.74 Å². The first-order valence-corrected chi connectivity index (χ1v) is 13.0. The summed E-state index contributed by atoms with van der Waals surface area (Å²) < 4.78 is 6.62. The van der Waals surface area contributed by atoms with E-state index in [4.69, 9.17) is 4.74 Å². The minimum absolute atomic E-state index is 0.306. The number of benzene rings is 2. The van der Waals surface area contributed by atoms with Crippen molar-refractivity contribution in [1.82, 2.24) is 0 Å². The van der Waals surface area contributed by atoms with Gasteiger partial charge in [0.25, 0.3) is 0 Å². The van der Waals surface area contributed by atoms with Gasteiger partial charge in [-0.05, 0) is 49.5 Å². The van der Waals surface area contributed by atoms with E-state index in [1.54, 1.807) is 0 Å². The van der Waals surface area contributed by atoms with Gasteiger partial charge in [0.15, 0.2) is 0 Å².